The Morgan fingerprint density at radius 3 is 1.88 bits per heavy atom. The molecule has 0 bridgehead atoms. The molecule has 4 heteroatoms. The number of hydrogen-bond donors (Lipinski definition) is 1. The van der Waals surface area contributed by atoms with Gasteiger partial charge < -0.3 is 9.88 Å². The number of rotatable bonds is 2. The van der Waals surface area contributed by atoms with E-state index in [1.165, 1.54) is 115 Å². The molecule has 1 aromatic heterocycles. The van der Waals surface area contributed by atoms with E-state index in [9.17, 15) is 0 Å². The summed E-state index contributed by atoms with van der Waals surface area (Å²) in [6, 6.07) is 71.1. The van der Waals surface area contributed by atoms with Gasteiger partial charge in [0.2, 0.25) is 0 Å². The molecule has 4 heterocycles. The van der Waals surface area contributed by atoms with E-state index < -0.39 is 8.07 Å². The Balaban J connectivity index is 1.12. The summed E-state index contributed by atoms with van der Waals surface area (Å²) in [5.41, 5.74) is 16.8. The third-order valence-corrected chi connectivity index (χ3v) is 17.9. The molecule has 258 valence electrons. The number of nitrogens with one attached hydrogen (secondary N) is 1. The Kier molecular flexibility index (Phi) is 6.03. The van der Waals surface area contributed by atoms with Gasteiger partial charge in [0.1, 0.15) is 0 Å². The molecular formula is C52H33BN2Si. The van der Waals surface area contributed by atoms with Gasteiger partial charge in [0.15, 0.2) is 15.4 Å². The molecule has 0 amide bonds. The Hall–Kier alpha value is -6.88. The van der Waals surface area contributed by atoms with Crippen LogP contribution in [0.2, 0.25) is 0 Å². The van der Waals surface area contributed by atoms with E-state index >= 15 is 0 Å². The summed E-state index contributed by atoms with van der Waals surface area (Å²) in [5, 5.41) is 11.0. The summed E-state index contributed by atoms with van der Waals surface area (Å²) in [4.78, 5) is 6.57. The van der Waals surface area contributed by atoms with Gasteiger partial charge in [-0.25, -0.2) is 0 Å². The van der Waals surface area contributed by atoms with Crippen molar-refractivity contribution in [2.24, 2.45) is 0 Å². The zero-order chi connectivity index (χ0) is 36.5. The monoisotopic (exact) mass is 724 g/mol. The minimum Gasteiger partial charge on any atom is -0.354 e. The SMILES string of the molecule is B1c2cccc3c2N(c2ccccc2[Si]32c3ccccc3-c3ccccc32)c2cc(-c3ccccc3)cc(-c3cccc4c3[nH]c3cc5ccccc5cc34)c21. The molecule has 0 saturated heterocycles. The van der Waals surface area contributed by atoms with Crippen molar-refractivity contribution in [1.82, 2.24) is 4.98 Å². The van der Waals surface area contributed by atoms with Crippen molar-refractivity contribution < 1.29 is 0 Å². The zero-order valence-corrected chi connectivity index (χ0v) is 31.6. The predicted molar refractivity (Wildman–Crippen MR) is 241 cm³/mol. The molecule has 3 aliphatic rings. The van der Waals surface area contributed by atoms with Crippen LogP contribution in [0.5, 0.6) is 0 Å². The maximum absolute atomic E-state index is 3.93. The Bertz CT molecular complexity index is 3260. The fourth-order valence-corrected chi connectivity index (χ4v) is 16.3. The van der Waals surface area contributed by atoms with Gasteiger partial charge in [0.05, 0.1) is 5.52 Å². The van der Waals surface area contributed by atoms with Crippen molar-refractivity contribution in [3.63, 3.8) is 0 Å². The van der Waals surface area contributed by atoms with Crippen molar-refractivity contribution >= 4 is 96.7 Å². The van der Waals surface area contributed by atoms with Crippen LogP contribution >= 0.6 is 0 Å². The second-order valence-corrected chi connectivity index (χ2v) is 19.3. The third kappa shape index (κ3) is 3.86. The number of para-hydroxylation sites is 3. The number of hydrogen-bond acceptors (Lipinski definition) is 1. The molecule has 0 aliphatic carbocycles. The van der Waals surface area contributed by atoms with Crippen LogP contribution in [0.1, 0.15) is 0 Å². The first-order chi connectivity index (χ1) is 27.8. The van der Waals surface area contributed by atoms with Crippen LogP contribution in [-0.2, 0) is 0 Å². The van der Waals surface area contributed by atoms with Crippen LogP contribution in [0, 0.1) is 0 Å². The highest BCUT2D eigenvalue weighted by Crippen LogP contribution is 2.45. The first kappa shape index (κ1) is 30.4. The van der Waals surface area contributed by atoms with Gasteiger partial charge in [0.25, 0.3) is 0 Å². The maximum atomic E-state index is 3.93. The predicted octanol–water partition coefficient (Wildman–Crippen LogP) is 8.65. The fourth-order valence-electron chi connectivity index (χ4n) is 10.7. The van der Waals surface area contributed by atoms with E-state index in [1.807, 2.05) is 0 Å². The molecule has 56 heavy (non-hydrogen) atoms. The lowest BCUT2D eigenvalue weighted by molar-refractivity contribution is 1.30. The molecule has 1 spiro atoms. The van der Waals surface area contributed by atoms with Crippen molar-refractivity contribution in [2.45, 2.75) is 0 Å². The van der Waals surface area contributed by atoms with E-state index in [-0.39, 0.29) is 0 Å². The van der Waals surface area contributed by atoms with Crippen LogP contribution in [0.3, 0.4) is 0 Å². The standard InChI is InChI=1S/C52H33BN2Si/c1-2-14-32(15-3-1)35-29-41(39-21-12-20-38-40-28-33-16-4-5-17-34(33)30-43(40)54-51(38)39)50-45(31-35)55-44-23-8-11-26-48(44)56(49-27-13-22-42(53-50)52(49)55)46-24-9-6-18-36(46)37-19-7-10-25-47(37)56/h1-31,53-54H. The fraction of sp³-hybridized carbons (Fsp3) is 0. The largest absolute Gasteiger partial charge is 0.354 e. The number of anilines is 3. The minimum atomic E-state index is -2.66. The number of nitrogens with zero attached hydrogens (tertiary/aromatic N) is 1. The number of benzene rings is 9. The highest BCUT2D eigenvalue weighted by molar-refractivity contribution is 7.23. The Morgan fingerprint density at radius 1 is 0.429 bits per heavy atom. The van der Waals surface area contributed by atoms with Gasteiger partial charge in [-0.3, -0.25) is 0 Å². The molecule has 0 fully saturated rings. The van der Waals surface area contributed by atoms with Gasteiger partial charge in [-0.05, 0) is 95.1 Å². The minimum absolute atomic E-state index is 0.857. The molecule has 1 N–H and O–H groups in total. The lowest BCUT2D eigenvalue weighted by Gasteiger charge is -2.47. The molecule has 0 atom stereocenters. The van der Waals surface area contributed by atoms with Gasteiger partial charge in [-0.2, -0.15) is 0 Å². The number of aromatic nitrogens is 1. The summed E-state index contributed by atoms with van der Waals surface area (Å²) in [7, 11) is -1.80. The van der Waals surface area contributed by atoms with E-state index in [0.717, 1.165) is 7.28 Å². The Morgan fingerprint density at radius 2 is 1.07 bits per heavy atom. The summed E-state index contributed by atoms with van der Waals surface area (Å²) in [6.45, 7) is 0. The van der Waals surface area contributed by atoms with E-state index in [0.29, 0.717) is 0 Å². The average Bonchev–Trinajstić information content (AvgIpc) is 3.77. The van der Waals surface area contributed by atoms with Gasteiger partial charge in [0, 0.05) is 38.9 Å². The third-order valence-electron chi connectivity index (χ3n) is 13.0. The van der Waals surface area contributed by atoms with Crippen molar-refractivity contribution in [3.8, 4) is 33.4 Å². The van der Waals surface area contributed by atoms with Crippen LogP contribution in [0.4, 0.5) is 17.1 Å². The smallest absolute Gasteiger partial charge is 0.198 e. The first-order valence-corrected chi connectivity index (χ1v) is 21.6. The van der Waals surface area contributed by atoms with Crippen LogP contribution in [-0.4, -0.2) is 20.3 Å². The van der Waals surface area contributed by atoms with E-state index in [1.54, 1.807) is 0 Å². The molecule has 0 saturated carbocycles. The topological polar surface area (TPSA) is 19.0 Å². The van der Waals surface area contributed by atoms with Crippen molar-refractivity contribution in [1.29, 1.82) is 0 Å². The quantitative estimate of drug-likeness (QED) is 0.177. The number of fused-ring (bicyclic) bond motifs is 15. The van der Waals surface area contributed by atoms with E-state index in [4.69, 9.17) is 0 Å². The summed E-state index contributed by atoms with van der Waals surface area (Å²) in [5.74, 6) is 0. The molecule has 0 radical (unpaired) electrons. The highest BCUT2D eigenvalue weighted by atomic mass is 28.3. The number of H-pyrrole nitrogens is 1. The molecule has 9 aromatic carbocycles. The van der Waals surface area contributed by atoms with E-state index in [2.05, 4.69) is 198 Å². The molecule has 2 nitrogen and oxygen atoms in total. The van der Waals surface area contributed by atoms with Gasteiger partial charge in [-0.1, -0.05) is 163 Å². The average molecular weight is 725 g/mol. The summed E-state index contributed by atoms with van der Waals surface area (Å²) >= 11 is 0. The maximum Gasteiger partial charge on any atom is 0.198 e. The van der Waals surface area contributed by atoms with Crippen molar-refractivity contribution in [3.05, 3.63) is 188 Å². The lowest BCUT2D eigenvalue weighted by Crippen LogP contribution is -2.76. The first-order valence-electron chi connectivity index (χ1n) is 19.6. The van der Waals surface area contributed by atoms with Gasteiger partial charge in [-0.15, -0.1) is 0 Å². The highest BCUT2D eigenvalue weighted by Gasteiger charge is 2.54. The van der Waals surface area contributed by atoms with Crippen molar-refractivity contribution in [2.75, 3.05) is 4.90 Å². The summed E-state index contributed by atoms with van der Waals surface area (Å²) < 4.78 is 0. The lowest BCUT2D eigenvalue weighted by atomic mass is 9.58. The van der Waals surface area contributed by atoms with Crippen LogP contribution < -0.4 is 36.6 Å². The second-order valence-electron chi connectivity index (χ2n) is 15.7. The summed E-state index contributed by atoms with van der Waals surface area (Å²) in [6.07, 6.45) is 0. The molecule has 10 aromatic rings. The molecule has 0 unspecified atom stereocenters. The second kappa shape index (κ2) is 11.1. The van der Waals surface area contributed by atoms with Crippen LogP contribution in [0.25, 0.3) is 66.0 Å². The molecule has 13 rings (SSSR count). The molecule has 3 aliphatic heterocycles. The molecular weight excluding hydrogens is 691 g/mol. The number of aromatic amines is 1. The van der Waals surface area contributed by atoms with Crippen LogP contribution in [0.15, 0.2) is 188 Å². The normalized spacial score (nSPS) is 14.0. The Labute approximate surface area is 326 Å². The zero-order valence-electron chi connectivity index (χ0n) is 30.6. The van der Waals surface area contributed by atoms with Gasteiger partial charge >= 0.3 is 0 Å².